The Bertz CT molecular complexity index is 884. The van der Waals surface area contributed by atoms with Crippen molar-refractivity contribution in [1.82, 2.24) is 14.9 Å². The molecule has 0 atom stereocenters. The third-order valence-corrected chi connectivity index (χ3v) is 4.34. The molecule has 0 fully saturated rings. The molecule has 0 saturated heterocycles. The SMILES string of the molecule is Cc1cc(/C=N\n2cnnc2)cc(C)c1OCc1ccc(Cl)c(Cl)c1. The van der Waals surface area contributed by atoms with Crippen LogP contribution in [0.15, 0.2) is 48.1 Å². The Kier molecular flexibility index (Phi) is 5.36. The van der Waals surface area contributed by atoms with Gasteiger partial charge >= 0.3 is 0 Å². The molecular formula is C18H16Cl2N4O. The molecule has 7 heteroatoms. The van der Waals surface area contributed by atoms with Crippen molar-refractivity contribution in [3.63, 3.8) is 0 Å². The van der Waals surface area contributed by atoms with Crippen molar-refractivity contribution in [3.8, 4) is 5.75 Å². The molecule has 0 aliphatic heterocycles. The monoisotopic (exact) mass is 374 g/mol. The molecule has 1 heterocycles. The maximum Gasteiger partial charge on any atom is 0.141 e. The predicted molar refractivity (Wildman–Crippen MR) is 99.7 cm³/mol. The van der Waals surface area contributed by atoms with Crippen LogP contribution in [0.25, 0.3) is 0 Å². The molecule has 5 nitrogen and oxygen atoms in total. The third-order valence-electron chi connectivity index (χ3n) is 3.60. The molecule has 0 aliphatic rings. The molecule has 0 radical (unpaired) electrons. The van der Waals surface area contributed by atoms with Crippen LogP contribution in [0, 0.1) is 13.8 Å². The first-order chi connectivity index (χ1) is 12.0. The average molecular weight is 375 g/mol. The Hall–Kier alpha value is -2.37. The molecule has 128 valence electrons. The van der Waals surface area contributed by atoms with Gasteiger partial charge in [0.2, 0.25) is 0 Å². The van der Waals surface area contributed by atoms with Crippen LogP contribution < -0.4 is 4.74 Å². The summed E-state index contributed by atoms with van der Waals surface area (Å²) in [4.78, 5) is 0. The summed E-state index contributed by atoms with van der Waals surface area (Å²) in [6, 6.07) is 9.52. The standard InChI is InChI=1S/C18H16Cl2N4O/c1-12-5-15(8-23-24-10-21-22-11-24)6-13(2)18(12)25-9-14-3-4-16(19)17(20)7-14/h3-8,10-11H,9H2,1-2H3/b23-8-. The van der Waals surface area contributed by atoms with Crippen LogP contribution in [-0.4, -0.2) is 21.1 Å². The fourth-order valence-electron chi connectivity index (χ4n) is 2.46. The molecule has 3 rings (SSSR count). The van der Waals surface area contributed by atoms with Crippen molar-refractivity contribution in [1.29, 1.82) is 0 Å². The predicted octanol–water partition coefficient (Wildman–Crippen LogP) is 4.66. The van der Waals surface area contributed by atoms with Gasteiger partial charge in [-0.25, -0.2) is 4.68 Å². The fourth-order valence-corrected chi connectivity index (χ4v) is 2.78. The van der Waals surface area contributed by atoms with E-state index in [1.54, 1.807) is 17.0 Å². The summed E-state index contributed by atoms with van der Waals surface area (Å²) in [5.41, 5.74) is 4.01. The first kappa shape index (κ1) is 17.5. The Balaban J connectivity index is 1.74. The number of hydrogen-bond acceptors (Lipinski definition) is 4. The zero-order chi connectivity index (χ0) is 17.8. The zero-order valence-corrected chi connectivity index (χ0v) is 15.3. The van der Waals surface area contributed by atoms with Gasteiger partial charge in [-0.15, -0.1) is 10.2 Å². The van der Waals surface area contributed by atoms with Gasteiger partial charge in [-0.05, 0) is 60.4 Å². The van der Waals surface area contributed by atoms with E-state index in [-0.39, 0.29) is 0 Å². The van der Waals surface area contributed by atoms with Crippen LogP contribution in [-0.2, 0) is 6.61 Å². The second-order valence-electron chi connectivity index (χ2n) is 5.61. The summed E-state index contributed by atoms with van der Waals surface area (Å²) >= 11 is 12.0. The molecule has 0 spiro atoms. The number of nitrogens with zero attached hydrogens (tertiary/aromatic N) is 4. The number of ether oxygens (including phenoxy) is 1. The molecule has 0 aliphatic carbocycles. The smallest absolute Gasteiger partial charge is 0.141 e. The van der Waals surface area contributed by atoms with Crippen LogP contribution in [0.1, 0.15) is 22.3 Å². The van der Waals surface area contributed by atoms with Gasteiger partial charge in [0.15, 0.2) is 0 Å². The van der Waals surface area contributed by atoms with E-state index in [0.29, 0.717) is 16.7 Å². The highest BCUT2D eigenvalue weighted by atomic mass is 35.5. The maximum atomic E-state index is 6.04. The lowest BCUT2D eigenvalue weighted by atomic mass is 10.1. The summed E-state index contributed by atoms with van der Waals surface area (Å²) in [6.07, 6.45) is 4.82. The summed E-state index contributed by atoms with van der Waals surface area (Å²) < 4.78 is 7.52. The largest absolute Gasteiger partial charge is 0.488 e. The van der Waals surface area contributed by atoms with Gasteiger partial charge in [0.1, 0.15) is 25.0 Å². The Morgan fingerprint density at radius 3 is 2.36 bits per heavy atom. The molecular weight excluding hydrogens is 359 g/mol. The van der Waals surface area contributed by atoms with Gasteiger partial charge in [-0.2, -0.15) is 5.10 Å². The average Bonchev–Trinajstić information content (AvgIpc) is 3.09. The molecule has 25 heavy (non-hydrogen) atoms. The number of hydrogen-bond donors (Lipinski definition) is 0. The number of rotatable bonds is 5. The van der Waals surface area contributed by atoms with Crippen LogP contribution in [0.4, 0.5) is 0 Å². The molecule has 0 unspecified atom stereocenters. The van der Waals surface area contributed by atoms with Gasteiger partial charge in [0, 0.05) is 0 Å². The normalized spacial score (nSPS) is 11.2. The highest BCUT2D eigenvalue weighted by Crippen LogP contribution is 2.27. The van der Waals surface area contributed by atoms with Gasteiger partial charge < -0.3 is 4.74 Å². The minimum atomic E-state index is 0.423. The lowest BCUT2D eigenvalue weighted by Gasteiger charge is -2.13. The molecule has 0 amide bonds. The van der Waals surface area contributed by atoms with E-state index >= 15 is 0 Å². The van der Waals surface area contributed by atoms with Gasteiger partial charge in [-0.3, -0.25) is 0 Å². The van der Waals surface area contributed by atoms with Crippen molar-refractivity contribution < 1.29 is 4.74 Å². The quantitative estimate of drug-likeness (QED) is 0.610. The number of aryl methyl sites for hydroxylation is 2. The highest BCUT2D eigenvalue weighted by Gasteiger charge is 2.07. The maximum absolute atomic E-state index is 6.04. The van der Waals surface area contributed by atoms with Crippen LogP contribution in [0.5, 0.6) is 5.75 Å². The summed E-state index contributed by atoms with van der Waals surface area (Å²) in [5, 5.41) is 12.7. The summed E-state index contributed by atoms with van der Waals surface area (Å²) in [6.45, 7) is 4.44. The van der Waals surface area contributed by atoms with E-state index < -0.39 is 0 Å². The minimum Gasteiger partial charge on any atom is -0.488 e. The number of aromatic nitrogens is 3. The first-order valence-electron chi connectivity index (χ1n) is 7.60. The first-order valence-corrected chi connectivity index (χ1v) is 8.35. The van der Waals surface area contributed by atoms with Gasteiger partial charge in [0.05, 0.1) is 16.3 Å². The van der Waals surface area contributed by atoms with Crippen LogP contribution >= 0.6 is 23.2 Å². The molecule has 1 aromatic heterocycles. The van der Waals surface area contributed by atoms with Crippen molar-refractivity contribution in [2.75, 3.05) is 0 Å². The lowest BCUT2D eigenvalue weighted by molar-refractivity contribution is 0.302. The third kappa shape index (κ3) is 4.38. The van der Waals surface area contributed by atoms with Crippen molar-refractivity contribution in [2.45, 2.75) is 20.5 Å². The van der Waals surface area contributed by atoms with E-state index in [4.69, 9.17) is 27.9 Å². The Labute approximate surface area is 155 Å². The molecule has 0 N–H and O–H groups in total. The van der Waals surface area contributed by atoms with Gasteiger partial charge in [-0.1, -0.05) is 29.3 Å². The molecule has 2 aromatic carbocycles. The molecule has 3 aromatic rings. The Morgan fingerprint density at radius 1 is 1.04 bits per heavy atom. The molecule has 0 saturated carbocycles. The summed E-state index contributed by atoms with van der Waals surface area (Å²) in [5.74, 6) is 0.854. The Morgan fingerprint density at radius 2 is 1.72 bits per heavy atom. The van der Waals surface area contributed by atoms with Crippen molar-refractivity contribution in [2.24, 2.45) is 5.10 Å². The highest BCUT2D eigenvalue weighted by molar-refractivity contribution is 6.42. The zero-order valence-electron chi connectivity index (χ0n) is 13.8. The van der Waals surface area contributed by atoms with Crippen molar-refractivity contribution >= 4 is 29.4 Å². The molecule has 0 bridgehead atoms. The van der Waals surface area contributed by atoms with E-state index in [9.17, 15) is 0 Å². The van der Waals surface area contributed by atoms with E-state index in [2.05, 4.69) is 15.3 Å². The number of benzene rings is 2. The van der Waals surface area contributed by atoms with E-state index in [0.717, 1.165) is 28.0 Å². The van der Waals surface area contributed by atoms with Crippen LogP contribution in [0.2, 0.25) is 10.0 Å². The number of halogens is 2. The van der Waals surface area contributed by atoms with Crippen molar-refractivity contribution in [3.05, 3.63) is 75.3 Å². The van der Waals surface area contributed by atoms with E-state index in [1.165, 1.54) is 12.7 Å². The fraction of sp³-hybridized carbons (Fsp3) is 0.167. The summed E-state index contributed by atoms with van der Waals surface area (Å²) in [7, 11) is 0. The minimum absolute atomic E-state index is 0.423. The lowest BCUT2D eigenvalue weighted by Crippen LogP contribution is -2.00. The second kappa shape index (κ2) is 7.68. The van der Waals surface area contributed by atoms with E-state index in [1.807, 2.05) is 38.1 Å². The second-order valence-corrected chi connectivity index (χ2v) is 6.42. The topological polar surface area (TPSA) is 52.3 Å². The van der Waals surface area contributed by atoms with Crippen LogP contribution in [0.3, 0.4) is 0 Å². The van der Waals surface area contributed by atoms with Gasteiger partial charge in [0.25, 0.3) is 0 Å².